The van der Waals surface area contributed by atoms with E-state index >= 15 is 0 Å². The van der Waals surface area contributed by atoms with Gasteiger partial charge in [-0.2, -0.15) is 8.42 Å². The Labute approximate surface area is 153 Å². The summed E-state index contributed by atoms with van der Waals surface area (Å²) >= 11 is 9.52. The van der Waals surface area contributed by atoms with Crippen LogP contribution in [-0.2, 0) is 10.1 Å². The minimum atomic E-state index is -3.99. The molecule has 0 spiro atoms. The van der Waals surface area contributed by atoms with Crippen molar-refractivity contribution in [3.63, 3.8) is 0 Å². The maximum atomic E-state index is 12.7. The molecule has 0 saturated carbocycles. The van der Waals surface area contributed by atoms with Crippen molar-refractivity contribution in [1.29, 1.82) is 0 Å². The van der Waals surface area contributed by atoms with Crippen LogP contribution in [0.5, 0.6) is 5.75 Å². The zero-order valence-electron chi connectivity index (χ0n) is 12.9. The fourth-order valence-electron chi connectivity index (χ4n) is 2.37. The van der Waals surface area contributed by atoms with Gasteiger partial charge in [0.15, 0.2) is 5.75 Å². The summed E-state index contributed by atoms with van der Waals surface area (Å²) in [4.78, 5) is 4.32. The van der Waals surface area contributed by atoms with Crippen LogP contribution in [0.4, 0.5) is 0 Å². The molecule has 0 amide bonds. The summed E-state index contributed by atoms with van der Waals surface area (Å²) in [6.45, 7) is 3.54. The predicted molar refractivity (Wildman–Crippen MR) is 98.2 cm³/mol. The molecule has 3 aromatic rings. The summed E-state index contributed by atoms with van der Waals surface area (Å²) in [6, 6.07) is 9.93. The lowest BCUT2D eigenvalue weighted by Crippen LogP contribution is -2.12. The van der Waals surface area contributed by atoms with E-state index in [1.165, 1.54) is 6.07 Å². The monoisotopic (exact) mass is 425 g/mol. The Morgan fingerprint density at radius 3 is 2.62 bits per heavy atom. The number of nitrogens with zero attached hydrogens (tertiary/aromatic N) is 1. The van der Waals surface area contributed by atoms with Gasteiger partial charge in [-0.05, 0) is 61.4 Å². The summed E-state index contributed by atoms with van der Waals surface area (Å²) in [5.41, 5.74) is 1.81. The van der Waals surface area contributed by atoms with Crippen molar-refractivity contribution in [2.45, 2.75) is 18.7 Å². The Balaban J connectivity index is 2.12. The highest BCUT2D eigenvalue weighted by molar-refractivity contribution is 9.10. The zero-order valence-corrected chi connectivity index (χ0v) is 16.0. The summed E-state index contributed by atoms with van der Waals surface area (Å²) in [7, 11) is -3.99. The second-order valence-electron chi connectivity index (χ2n) is 5.35. The molecule has 1 heterocycles. The van der Waals surface area contributed by atoms with Crippen molar-refractivity contribution in [3.8, 4) is 5.75 Å². The van der Waals surface area contributed by atoms with E-state index in [4.69, 9.17) is 15.8 Å². The fourth-order valence-corrected chi connectivity index (χ4v) is 4.27. The predicted octanol–water partition coefficient (Wildman–Crippen LogP) is 5.04. The maximum Gasteiger partial charge on any atom is 0.339 e. The van der Waals surface area contributed by atoms with E-state index in [0.29, 0.717) is 21.5 Å². The molecule has 0 radical (unpaired) electrons. The molecule has 0 saturated heterocycles. The minimum absolute atomic E-state index is 0.127. The van der Waals surface area contributed by atoms with Crippen LogP contribution >= 0.6 is 27.5 Å². The summed E-state index contributed by atoms with van der Waals surface area (Å²) in [5.74, 6) is 0.148. The van der Waals surface area contributed by atoms with Gasteiger partial charge in [0, 0.05) is 16.1 Å². The van der Waals surface area contributed by atoms with Crippen LogP contribution in [0.1, 0.15) is 11.1 Å². The minimum Gasteiger partial charge on any atom is -0.377 e. The third-order valence-corrected chi connectivity index (χ3v) is 6.17. The van der Waals surface area contributed by atoms with Gasteiger partial charge in [-0.15, -0.1) is 0 Å². The van der Waals surface area contributed by atoms with Crippen molar-refractivity contribution < 1.29 is 12.6 Å². The van der Waals surface area contributed by atoms with Gasteiger partial charge in [-0.3, -0.25) is 4.98 Å². The largest absolute Gasteiger partial charge is 0.377 e. The highest BCUT2D eigenvalue weighted by atomic mass is 79.9. The second-order valence-corrected chi connectivity index (χ2v) is 8.13. The van der Waals surface area contributed by atoms with Gasteiger partial charge in [0.2, 0.25) is 0 Å². The molecule has 0 N–H and O–H groups in total. The average molecular weight is 427 g/mol. The first kappa shape index (κ1) is 17.2. The third-order valence-electron chi connectivity index (χ3n) is 3.60. The number of pyridine rings is 1. The molecule has 0 aliphatic heterocycles. The van der Waals surface area contributed by atoms with Crippen molar-refractivity contribution in [3.05, 3.63) is 63.2 Å². The highest BCUT2D eigenvalue weighted by Crippen LogP contribution is 2.32. The Kier molecular flexibility index (Phi) is 4.55. The van der Waals surface area contributed by atoms with Crippen LogP contribution in [0.25, 0.3) is 10.9 Å². The molecule has 0 fully saturated rings. The Hall–Kier alpha value is -1.63. The fraction of sp³-hybridized carbons (Fsp3) is 0.118. The number of benzene rings is 2. The van der Waals surface area contributed by atoms with E-state index in [1.54, 1.807) is 43.5 Å². The molecule has 4 nitrogen and oxygen atoms in total. The van der Waals surface area contributed by atoms with E-state index in [2.05, 4.69) is 20.9 Å². The number of aromatic nitrogens is 1. The number of hydrogen-bond acceptors (Lipinski definition) is 4. The topological polar surface area (TPSA) is 56.3 Å². The number of fused-ring (bicyclic) bond motifs is 1. The van der Waals surface area contributed by atoms with Gasteiger partial charge in [0.25, 0.3) is 0 Å². The molecule has 0 aliphatic rings. The van der Waals surface area contributed by atoms with Crippen LogP contribution in [-0.4, -0.2) is 13.4 Å². The molecular formula is C17H13BrClNO3S. The number of halogens is 2. The molecule has 124 valence electrons. The van der Waals surface area contributed by atoms with Crippen LogP contribution < -0.4 is 4.18 Å². The number of rotatable bonds is 3. The maximum absolute atomic E-state index is 12.7. The van der Waals surface area contributed by atoms with Gasteiger partial charge in [-0.1, -0.05) is 27.5 Å². The summed E-state index contributed by atoms with van der Waals surface area (Å²) in [6.07, 6.45) is 1.56. The lowest BCUT2D eigenvalue weighted by Gasteiger charge is -2.12. The van der Waals surface area contributed by atoms with E-state index in [1.807, 2.05) is 6.92 Å². The van der Waals surface area contributed by atoms with Crippen molar-refractivity contribution in [1.82, 2.24) is 4.98 Å². The van der Waals surface area contributed by atoms with Gasteiger partial charge in [-0.25, -0.2) is 0 Å². The number of hydrogen-bond donors (Lipinski definition) is 0. The average Bonchev–Trinajstić information content (AvgIpc) is 2.53. The van der Waals surface area contributed by atoms with Crippen LogP contribution in [0.15, 0.2) is 52.0 Å². The molecule has 1 aromatic heterocycles. The Morgan fingerprint density at radius 1 is 1.12 bits per heavy atom. The smallest absolute Gasteiger partial charge is 0.339 e. The van der Waals surface area contributed by atoms with Crippen molar-refractivity contribution >= 4 is 48.6 Å². The normalized spacial score (nSPS) is 11.7. The molecule has 0 atom stereocenters. The molecule has 0 aliphatic carbocycles. The molecule has 7 heteroatoms. The van der Waals surface area contributed by atoms with Gasteiger partial charge >= 0.3 is 10.1 Å². The van der Waals surface area contributed by atoms with Crippen LogP contribution in [0, 0.1) is 13.8 Å². The van der Waals surface area contributed by atoms with E-state index in [-0.39, 0.29) is 10.6 Å². The number of aryl methyl sites for hydroxylation is 2. The van der Waals surface area contributed by atoms with Crippen LogP contribution in [0.2, 0.25) is 5.02 Å². The Bertz CT molecular complexity index is 1050. The molecule has 3 rings (SSSR count). The van der Waals surface area contributed by atoms with Gasteiger partial charge in [0.1, 0.15) is 10.4 Å². The lowest BCUT2D eigenvalue weighted by molar-refractivity contribution is 0.487. The molecule has 2 aromatic carbocycles. The molecule has 24 heavy (non-hydrogen) atoms. The molecule has 0 unspecified atom stereocenters. The second kappa shape index (κ2) is 6.35. The Morgan fingerprint density at radius 2 is 1.88 bits per heavy atom. The first-order valence-electron chi connectivity index (χ1n) is 7.04. The first-order valence-corrected chi connectivity index (χ1v) is 9.62. The van der Waals surface area contributed by atoms with Crippen molar-refractivity contribution in [2.24, 2.45) is 0 Å². The van der Waals surface area contributed by atoms with Crippen LogP contribution in [0.3, 0.4) is 0 Å². The van der Waals surface area contributed by atoms with E-state index in [0.717, 1.165) is 10.0 Å². The quantitative estimate of drug-likeness (QED) is 0.551. The lowest BCUT2D eigenvalue weighted by atomic mass is 10.2. The molecule has 0 bridgehead atoms. The van der Waals surface area contributed by atoms with Gasteiger partial charge < -0.3 is 4.18 Å². The standard InChI is InChI=1S/C17H13BrClNO3S/c1-10-9-16(11(2)8-13(10)18)24(21,22)23-15-6-5-14(19)12-4-3-7-20-17(12)15/h3-9H,1-2H3. The zero-order chi connectivity index (χ0) is 17.5. The molecular weight excluding hydrogens is 414 g/mol. The SMILES string of the molecule is Cc1cc(S(=O)(=O)Oc2ccc(Cl)c3cccnc23)c(C)cc1Br. The summed E-state index contributed by atoms with van der Waals surface area (Å²) < 4.78 is 31.6. The van der Waals surface area contributed by atoms with E-state index < -0.39 is 10.1 Å². The summed E-state index contributed by atoms with van der Waals surface area (Å²) in [5, 5.41) is 1.12. The highest BCUT2D eigenvalue weighted by Gasteiger charge is 2.22. The third kappa shape index (κ3) is 3.14. The first-order chi connectivity index (χ1) is 11.3. The van der Waals surface area contributed by atoms with Crippen molar-refractivity contribution in [2.75, 3.05) is 0 Å². The van der Waals surface area contributed by atoms with Gasteiger partial charge in [0.05, 0.1) is 5.02 Å². The van der Waals surface area contributed by atoms with E-state index in [9.17, 15) is 8.42 Å².